The first-order valence-corrected chi connectivity index (χ1v) is 4.41. The molecule has 0 aliphatic heterocycles. The van der Waals surface area contributed by atoms with Crippen LogP contribution in [0.25, 0.3) is 0 Å². The van der Waals surface area contributed by atoms with Gasteiger partial charge in [0.05, 0.1) is 0 Å². The third kappa shape index (κ3) is 3.35. The summed E-state index contributed by atoms with van der Waals surface area (Å²) in [6, 6.07) is 1.30. The Labute approximate surface area is 92.2 Å². The number of hydrogen-bond donors (Lipinski definition) is 0. The van der Waals surface area contributed by atoms with Crippen LogP contribution < -0.4 is 0 Å². The Kier molecular flexibility index (Phi) is 1.51. The van der Waals surface area contributed by atoms with E-state index >= 15 is 0 Å². The molecule has 1 rings (SSSR count). The zero-order valence-electron chi connectivity index (χ0n) is 13.0. The van der Waals surface area contributed by atoms with Crippen LogP contribution in [-0.4, -0.2) is 4.98 Å². The van der Waals surface area contributed by atoms with Crippen LogP contribution in [0.5, 0.6) is 0 Å². The van der Waals surface area contributed by atoms with Gasteiger partial charge in [0, 0.05) is 13.1 Å². The predicted octanol–water partition coefficient (Wildman–Crippen LogP) is 3.63. The summed E-state index contributed by atoms with van der Waals surface area (Å²) < 4.78 is 38.7. The number of hydrogen-bond acceptors (Lipinski definition) is 1. The van der Waals surface area contributed by atoms with Crippen LogP contribution in [0, 0.1) is 12.3 Å². The number of halogens is 1. The van der Waals surface area contributed by atoms with E-state index in [4.69, 9.17) is 18.5 Å². The van der Waals surface area contributed by atoms with E-state index in [2.05, 4.69) is 4.98 Å². The fourth-order valence-corrected chi connectivity index (χ4v) is 1.10. The number of rotatable bonds is 1. The standard InChI is InChI=1S/C11H16ClN/c1-8-7-13-10(12)5-9(8)6-11(2,3)4/h5,7H,6H2,1-4H3/i1D3,6D2. The lowest BCUT2D eigenvalue weighted by atomic mass is 9.87. The molecule has 1 aromatic rings. The van der Waals surface area contributed by atoms with Crippen molar-refractivity contribution in [3.8, 4) is 0 Å². The van der Waals surface area contributed by atoms with Gasteiger partial charge in [-0.1, -0.05) is 32.4 Å². The minimum absolute atomic E-state index is 0.0787. The molecule has 1 aromatic heterocycles. The smallest absolute Gasteiger partial charge is 0.129 e. The van der Waals surface area contributed by atoms with Crippen molar-refractivity contribution >= 4 is 11.6 Å². The molecule has 0 atom stereocenters. The molecule has 0 aliphatic carbocycles. The van der Waals surface area contributed by atoms with Crippen LogP contribution in [0.4, 0.5) is 0 Å². The highest BCUT2D eigenvalue weighted by Gasteiger charge is 2.13. The van der Waals surface area contributed by atoms with E-state index in [-0.39, 0.29) is 16.3 Å². The predicted molar refractivity (Wildman–Crippen MR) is 57.1 cm³/mol. The Bertz CT molecular complexity index is 448. The first kappa shape index (κ1) is 5.35. The second-order valence-electron chi connectivity index (χ2n) is 3.93. The third-order valence-electron chi connectivity index (χ3n) is 1.38. The van der Waals surface area contributed by atoms with E-state index < -0.39 is 18.6 Å². The molecule has 1 nitrogen and oxygen atoms in total. The molecule has 0 spiro atoms. The molecular weight excluding hydrogens is 182 g/mol. The Morgan fingerprint density at radius 1 is 1.62 bits per heavy atom. The van der Waals surface area contributed by atoms with Gasteiger partial charge in [0.2, 0.25) is 0 Å². The molecule has 1 heterocycles. The van der Waals surface area contributed by atoms with E-state index in [1.165, 1.54) is 6.07 Å². The maximum atomic E-state index is 8.17. The van der Waals surface area contributed by atoms with E-state index in [1.807, 2.05) is 0 Å². The zero-order valence-corrected chi connectivity index (χ0v) is 8.74. The number of pyridine rings is 1. The van der Waals surface area contributed by atoms with Gasteiger partial charge < -0.3 is 0 Å². The van der Waals surface area contributed by atoms with Crippen LogP contribution in [0.15, 0.2) is 12.3 Å². The van der Waals surface area contributed by atoms with Crippen molar-refractivity contribution in [1.29, 1.82) is 0 Å². The lowest BCUT2D eigenvalue weighted by Gasteiger charge is -2.19. The Hall–Kier alpha value is -0.560. The number of aryl methyl sites for hydroxylation is 1. The molecule has 0 saturated heterocycles. The van der Waals surface area contributed by atoms with Crippen molar-refractivity contribution in [2.45, 2.75) is 34.0 Å². The van der Waals surface area contributed by atoms with Gasteiger partial charge in [0.25, 0.3) is 0 Å². The van der Waals surface area contributed by atoms with Gasteiger partial charge in [-0.05, 0) is 35.8 Å². The molecule has 0 aromatic carbocycles. The van der Waals surface area contributed by atoms with Gasteiger partial charge in [0.15, 0.2) is 0 Å². The van der Waals surface area contributed by atoms with Crippen molar-refractivity contribution in [2.75, 3.05) is 0 Å². The molecule has 0 unspecified atom stereocenters. The normalized spacial score (nSPS) is 19.5. The highest BCUT2D eigenvalue weighted by molar-refractivity contribution is 6.29. The molecule has 0 bridgehead atoms. The average Bonchev–Trinajstić information content (AvgIpc) is 2.13. The van der Waals surface area contributed by atoms with E-state index in [1.54, 1.807) is 20.8 Å². The Morgan fingerprint density at radius 2 is 2.31 bits per heavy atom. The molecule has 0 fully saturated rings. The molecule has 0 aliphatic rings. The van der Waals surface area contributed by atoms with Crippen molar-refractivity contribution in [2.24, 2.45) is 5.41 Å². The topological polar surface area (TPSA) is 12.9 Å². The summed E-state index contributed by atoms with van der Waals surface area (Å²) in [5.74, 6) is 0. The quantitative estimate of drug-likeness (QED) is 0.634. The van der Waals surface area contributed by atoms with Crippen molar-refractivity contribution in [1.82, 2.24) is 4.98 Å². The second-order valence-corrected chi connectivity index (χ2v) is 4.31. The van der Waals surface area contributed by atoms with E-state index in [0.717, 1.165) is 6.20 Å². The van der Waals surface area contributed by atoms with Crippen molar-refractivity contribution in [3.63, 3.8) is 0 Å². The molecule has 0 radical (unpaired) electrons. The minimum Gasteiger partial charge on any atom is -0.244 e. The molecule has 2 heteroatoms. The molecular formula is C11H16ClN. The molecule has 0 saturated carbocycles. The third-order valence-corrected chi connectivity index (χ3v) is 1.59. The van der Waals surface area contributed by atoms with Crippen LogP contribution in [0.3, 0.4) is 0 Å². The highest BCUT2D eigenvalue weighted by atomic mass is 35.5. The first-order chi connectivity index (χ1) is 7.87. The fourth-order valence-electron chi connectivity index (χ4n) is 0.937. The first-order valence-electron chi connectivity index (χ1n) is 6.54. The molecule has 72 valence electrons. The summed E-state index contributed by atoms with van der Waals surface area (Å²) in [5, 5.41) is 0.0890. The van der Waals surface area contributed by atoms with Crippen molar-refractivity contribution in [3.05, 3.63) is 28.5 Å². The van der Waals surface area contributed by atoms with Crippen LogP contribution in [0.1, 0.15) is 38.8 Å². The Balaban J connectivity index is 3.53. The van der Waals surface area contributed by atoms with Gasteiger partial charge in [-0.15, -0.1) is 0 Å². The SMILES string of the molecule is [2H]C([2H])([2H])c1cnc(Cl)cc1C([2H])([2H])C(C)(C)C. The van der Waals surface area contributed by atoms with Gasteiger partial charge >= 0.3 is 0 Å². The van der Waals surface area contributed by atoms with Crippen LogP contribution in [-0.2, 0) is 6.37 Å². The monoisotopic (exact) mass is 202 g/mol. The van der Waals surface area contributed by atoms with Gasteiger partial charge in [-0.25, -0.2) is 4.98 Å². The van der Waals surface area contributed by atoms with Crippen LogP contribution >= 0.6 is 11.6 Å². The lowest BCUT2D eigenvalue weighted by molar-refractivity contribution is 0.410. The number of nitrogens with zero attached hydrogens (tertiary/aromatic N) is 1. The van der Waals surface area contributed by atoms with Crippen molar-refractivity contribution < 1.29 is 6.85 Å². The summed E-state index contributed by atoms with van der Waals surface area (Å²) in [7, 11) is 0. The zero-order chi connectivity index (χ0) is 14.4. The maximum absolute atomic E-state index is 8.17. The maximum Gasteiger partial charge on any atom is 0.129 e. The Morgan fingerprint density at radius 3 is 2.85 bits per heavy atom. The highest BCUT2D eigenvalue weighted by Crippen LogP contribution is 2.23. The fraction of sp³-hybridized carbons (Fsp3) is 0.545. The number of aromatic nitrogens is 1. The lowest BCUT2D eigenvalue weighted by Crippen LogP contribution is -2.10. The van der Waals surface area contributed by atoms with Gasteiger partial charge in [-0.2, -0.15) is 0 Å². The van der Waals surface area contributed by atoms with Gasteiger partial charge in [0.1, 0.15) is 5.15 Å². The average molecular weight is 203 g/mol. The minimum atomic E-state index is -2.41. The molecule has 0 amide bonds. The largest absolute Gasteiger partial charge is 0.244 e. The molecule has 13 heavy (non-hydrogen) atoms. The second kappa shape index (κ2) is 3.67. The van der Waals surface area contributed by atoms with E-state index in [0.29, 0.717) is 0 Å². The summed E-state index contributed by atoms with van der Waals surface area (Å²) in [6.45, 7) is 2.73. The summed E-state index contributed by atoms with van der Waals surface area (Å²) in [5.41, 5.74) is -0.764. The van der Waals surface area contributed by atoms with Gasteiger partial charge in [-0.3, -0.25) is 0 Å². The van der Waals surface area contributed by atoms with Crippen LogP contribution in [0.2, 0.25) is 5.15 Å². The molecule has 0 N–H and O–H groups in total. The van der Waals surface area contributed by atoms with E-state index in [9.17, 15) is 0 Å². The summed E-state index contributed by atoms with van der Waals surface area (Å²) in [4.78, 5) is 3.74. The summed E-state index contributed by atoms with van der Waals surface area (Å²) >= 11 is 5.76. The summed E-state index contributed by atoms with van der Waals surface area (Å²) in [6.07, 6.45) is -0.683.